The minimum absolute atomic E-state index is 0.00601. The normalized spacial score (nSPS) is 11.8. The summed E-state index contributed by atoms with van der Waals surface area (Å²) in [6.07, 6.45) is 0.235. The minimum Gasteiger partial charge on any atom is -0.495 e. The van der Waals surface area contributed by atoms with E-state index in [1.807, 2.05) is 60.7 Å². The maximum atomic E-state index is 14.3. The Labute approximate surface area is 251 Å². The van der Waals surface area contributed by atoms with Gasteiger partial charge in [-0.05, 0) is 41.5 Å². The van der Waals surface area contributed by atoms with E-state index in [0.29, 0.717) is 5.75 Å². The molecule has 1 N–H and O–H groups in total. The van der Waals surface area contributed by atoms with Crippen LogP contribution in [0.2, 0.25) is 5.02 Å². The number of halogens is 1. The van der Waals surface area contributed by atoms with Gasteiger partial charge >= 0.3 is 0 Å². The maximum Gasteiger partial charge on any atom is 0.264 e. The Bertz CT molecular complexity index is 1600. The number of sulfonamides is 1. The first-order valence-electron chi connectivity index (χ1n) is 13.2. The molecule has 0 aliphatic carbocycles. The van der Waals surface area contributed by atoms with Crippen molar-refractivity contribution in [2.45, 2.75) is 23.9 Å². The van der Waals surface area contributed by atoms with Crippen molar-refractivity contribution in [2.24, 2.45) is 0 Å². The number of carbonyl (C=O) groups excluding carboxylic acids is 2. The van der Waals surface area contributed by atoms with Gasteiger partial charge in [0.2, 0.25) is 11.8 Å². The molecule has 218 valence electrons. The summed E-state index contributed by atoms with van der Waals surface area (Å²) >= 11 is 6.38. The van der Waals surface area contributed by atoms with E-state index in [2.05, 4.69) is 5.32 Å². The van der Waals surface area contributed by atoms with Crippen LogP contribution in [-0.2, 0) is 32.6 Å². The van der Waals surface area contributed by atoms with Crippen molar-refractivity contribution in [3.05, 3.63) is 125 Å². The third kappa shape index (κ3) is 7.29. The number of ether oxygens (including phenoxy) is 1. The van der Waals surface area contributed by atoms with Gasteiger partial charge in [-0.15, -0.1) is 0 Å². The van der Waals surface area contributed by atoms with Gasteiger partial charge in [0.15, 0.2) is 0 Å². The van der Waals surface area contributed by atoms with Crippen LogP contribution in [0.25, 0.3) is 0 Å². The van der Waals surface area contributed by atoms with Crippen LogP contribution in [0.1, 0.15) is 11.1 Å². The Balaban J connectivity index is 1.79. The maximum absolute atomic E-state index is 14.3. The summed E-state index contributed by atoms with van der Waals surface area (Å²) in [5, 5.41) is 2.86. The molecule has 4 aromatic carbocycles. The van der Waals surface area contributed by atoms with E-state index >= 15 is 0 Å². The third-order valence-corrected chi connectivity index (χ3v) is 8.83. The van der Waals surface area contributed by atoms with Gasteiger partial charge < -0.3 is 15.0 Å². The van der Waals surface area contributed by atoms with Gasteiger partial charge in [-0.1, -0.05) is 90.5 Å². The molecule has 4 aromatic rings. The van der Waals surface area contributed by atoms with Crippen LogP contribution in [0.3, 0.4) is 0 Å². The highest BCUT2D eigenvalue weighted by Crippen LogP contribution is 2.32. The fourth-order valence-corrected chi connectivity index (χ4v) is 6.24. The molecule has 0 fully saturated rings. The highest BCUT2D eigenvalue weighted by atomic mass is 35.5. The number of anilines is 1. The zero-order valence-electron chi connectivity index (χ0n) is 23.3. The van der Waals surface area contributed by atoms with Crippen molar-refractivity contribution in [3.8, 4) is 5.75 Å². The van der Waals surface area contributed by atoms with Crippen LogP contribution in [0.15, 0.2) is 114 Å². The molecule has 0 aliphatic rings. The molecule has 10 heteroatoms. The summed E-state index contributed by atoms with van der Waals surface area (Å²) in [6.45, 7) is -0.484. The summed E-state index contributed by atoms with van der Waals surface area (Å²) in [4.78, 5) is 29.0. The van der Waals surface area contributed by atoms with Gasteiger partial charge in [-0.25, -0.2) is 8.42 Å². The van der Waals surface area contributed by atoms with Crippen molar-refractivity contribution >= 4 is 39.1 Å². The van der Waals surface area contributed by atoms with Gasteiger partial charge in [-0.2, -0.15) is 0 Å². The lowest BCUT2D eigenvalue weighted by Gasteiger charge is -2.33. The molecular formula is C32H32ClN3O5S. The molecule has 0 heterocycles. The van der Waals surface area contributed by atoms with E-state index in [-0.39, 0.29) is 34.5 Å². The van der Waals surface area contributed by atoms with Crippen molar-refractivity contribution in [3.63, 3.8) is 0 Å². The molecule has 0 aromatic heterocycles. The first-order valence-corrected chi connectivity index (χ1v) is 15.1. The monoisotopic (exact) mass is 605 g/mol. The zero-order valence-corrected chi connectivity index (χ0v) is 24.9. The number of rotatable bonds is 12. The fraction of sp³-hybridized carbons (Fsp3) is 0.188. The molecular weight excluding hydrogens is 574 g/mol. The molecule has 0 unspecified atom stereocenters. The topological polar surface area (TPSA) is 96.0 Å². The van der Waals surface area contributed by atoms with Crippen LogP contribution in [-0.4, -0.2) is 51.9 Å². The number of amides is 2. The molecule has 2 amide bonds. The smallest absolute Gasteiger partial charge is 0.264 e. The standard InChI is InChI=1S/C32H32ClN3O5S/c1-34-32(38)29(20-24-12-6-3-7-13-24)35(22-25-14-8-4-9-15-25)31(37)23-36(26-18-19-30(41-2)28(33)21-26)42(39,40)27-16-10-5-11-17-27/h3-19,21,29H,20,22-23H2,1-2H3,(H,34,38)/t29-/m1/s1. The van der Waals surface area contributed by atoms with Gasteiger partial charge in [0.25, 0.3) is 10.0 Å². The lowest BCUT2D eigenvalue weighted by molar-refractivity contribution is -0.139. The first kappa shape index (κ1) is 30.6. The van der Waals surface area contributed by atoms with Crippen molar-refractivity contribution in [1.29, 1.82) is 0 Å². The lowest BCUT2D eigenvalue weighted by atomic mass is 10.0. The SMILES string of the molecule is CNC(=O)[C@@H](Cc1ccccc1)N(Cc1ccccc1)C(=O)CN(c1ccc(OC)c(Cl)c1)S(=O)(=O)c1ccccc1. The van der Waals surface area contributed by atoms with E-state index < -0.39 is 28.5 Å². The van der Waals surface area contributed by atoms with Crippen LogP contribution in [0, 0.1) is 0 Å². The van der Waals surface area contributed by atoms with Crippen molar-refractivity contribution < 1.29 is 22.7 Å². The summed E-state index contributed by atoms with van der Waals surface area (Å²) < 4.78 is 34.2. The van der Waals surface area contributed by atoms with Gasteiger partial charge in [0.1, 0.15) is 18.3 Å². The molecule has 0 radical (unpaired) electrons. The Morgan fingerprint density at radius 2 is 1.43 bits per heavy atom. The molecule has 0 aliphatic heterocycles. The second-order valence-corrected chi connectivity index (χ2v) is 11.7. The molecule has 0 spiro atoms. The summed E-state index contributed by atoms with van der Waals surface area (Å²) in [7, 11) is -1.25. The third-order valence-electron chi connectivity index (χ3n) is 6.75. The van der Waals surface area contributed by atoms with E-state index in [1.165, 1.54) is 43.3 Å². The van der Waals surface area contributed by atoms with Crippen LogP contribution < -0.4 is 14.4 Å². The number of hydrogen-bond donors (Lipinski definition) is 1. The number of carbonyl (C=O) groups is 2. The van der Waals surface area contributed by atoms with E-state index in [1.54, 1.807) is 24.3 Å². The second-order valence-electron chi connectivity index (χ2n) is 9.47. The second kappa shape index (κ2) is 14.0. The van der Waals surface area contributed by atoms with Gasteiger partial charge in [0.05, 0.1) is 22.7 Å². The number of nitrogens with zero attached hydrogens (tertiary/aromatic N) is 2. The first-order chi connectivity index (χ1) is 20.2. The summed E-state index contributed by atoms with van der Waals surface area (Å²) in [5.74, 6) is -0.569. The van der Waals surface area contributed by atoms with Crippen LogP contribution >= 0.6 is 11.6 Å². The predicted octanol–water partition coefficient (Wildman–Crippen LogP) is 4.93. The number of likely N-dealkylation sites (N-methyl/N-ethyl adjacent to an activating group) is 1. The molecule has 8 nitrogen and oxygen atoms in total. The highest BCUT2D eigenvalue weighted by molar-refractivity contribution is 7.92. The number of methoxy groups -OCH3 is 1. The highest BCUT2D eigenvalue weighted by Gasteiger charge is 2.34. The average molecular weight is 606 g/mol. The van der Waals surface area contributed by atoms with Gasteiger partial charge in [-0.3, -0.25) is 13.9 Å². The molecule has 1 atom stereocenters. The largest absolute Gasteiger partial charge is 0.495 e. The Hall–Kier alpha value is -4.34. The quantitative estimate of drug-likeness (QED) is 0.247. The fourth-order valence-electron chi connectivity index (χ4n) is 4.56. The minimum atomic E-state index is -4.22. The molecule has 0 saturated heterocycles. The molecule has 0 saturated carbocycles. The number of hydrogen-bond acceptors (Lipinski definition) is 5. The van der Waals surface area contributed by atoms with Crippen LogP contribution in [0.5, 0.6) is 5.75 Å². The van der Waals surface area contributed by atoms with Crippen molar-refractivity contribution in [1.82, 2.24) is 10.2 Å². The lowest BCUT2D eigenvalue weighted by Crippen LogP contribution is -2.53. The summed E-state index contributed by atoms with van der Waals surface area (Å²) in [5.41, 5.74) is 1.82. The Kier molecular flexibility index (Phi) is 10.2. The van der Waals surface area contributed by atoms with E-state index in [0.717, 1.165) is 15.4 Å². The van der Waals surface area contributed by atoms with Crippen molar-refractivity contribution in [2.75, 3.05) is 25.0 Å². The predicted molar refractivity (Wildman–Crippen MR) is 164 cm³/mol. The Morgan fingerprint density at radius 1 is 0.857 bits per heavy atom. The van der Waals surface area contributed by atoms with Gasteiger partial charge in [0, 0.05) is 20.0 Å². The number of nitrogens with one attached hydrogen (secondary N) is 1. The molecule has 0 bridgehead atoms. The summed E-state index contributed by atoms with van der Waals surface area (Å²) in [6, 6.07) is 30.1. The molecule has 42 heavy (non-hydrogen) atoms. The van der Waals surface area contributed by atoms with Crippen LogP contribution in [0.4, 0.5) is 5.69 Å². The van der Waals surface area contributed by atoms with E-state index in [9.17, 15) is 18.0 Å². The average Bonchev–Trinajstić information content (AvgIpc) is 3.02. The molecule has 4 rings (SSSR count). The number of benzene rings is 4. The Morgan fingerprint density at radius 3 is 1.98 bits per heavy atom. The zero-order chi connectivity index (χ0) is 30.1. The van der Waals surface area contributed by atoms with E-state index in [4.69, 9.17) is 16.3 Å².